The molecule has 1 amide bonds. The second-order valence-electron chi connectivity index (χ2n) is 5.47. The highest BCUT2D eigenvalue weighted by Gasteiger charge is 2.29. The van der Waals surface area contributed by atoms with Crippen molar-refractivity contribution in [3.63, 3.8) is 0 Å². The summed E-state index contributed by atoms with van der Waals surface area (Å²) in [5.41, 5.74) is 7.70. The van der Waals surface area contributed by atoms with Crippen LogP contribution in [0.1, 0.15) is 35.1 Å². The number of hydrogen-bond donors (Lipinski definition) is 1. The van der Waals surface area contributed by atoms with Crippen molar-refractivity contribution in [3.05, 3.63) is 47.0 Å². The number of hydrogen-bond acceptors (Lipinski definition) is 4. The average molecular weight is 317 g/mol. The molecule has 1 unspecified atom stereocenters. The normalized spacial score (nSPS) is 14.3. The third-order valence-electron chi connectivity index (χ3n) is 3.88. The predicted molar refractivity (Wildman–Crippen MR) is 79.6 cm³/mol. The maximum absolute atomic E-state index is 13.1. The molecule has 0 bridgehead atoms. The molecule has 2 N–H and O–H groups in total. The van der Waals surface area contributed by atoms with Crippen LogP contribution in [-0.2, 0) is 22.4 Å². The van der Waals surface area contributed by atoms with Crippen molar-refractivity contribution in [1.82, 2.24) is 9.78 Å². The highest BCUT2D eigenvalue weighted by atomic mass is 19.1. The zero-order valence-corrected chi connectivity index (χ0v) is 12.6. The topological polar surface area (TPSA) is 87.2 Å². The number of carbonyl (C=O) groups is 2. The molecule has 1 aliphatic rings. The van der Waals surface area contributed by atoms with Gasteiger partial charge in [0.2, 0.25) is 0 Å². The third-order valence-corrected chi connectivity index (χ3v) is 3.88. The molecule has 120 valence electrons. The van der Waals surface area contributed by atoms with Crippen LogP contribution in [0.3, 0.4) is 0 Å². The molecular weight excluding hydrogens is 301 g/mol. The number of ether oxygens (including phenoxy) is 1. The SMILES string of the molecule is CC(OC(=O)c1nn(-c2ccc(F)cc2)c2c1CCC2)C(N)=O. The second-order valence-corrected chi connectivity index (χ2v) is 5.47. The predicted octanol–water partition coefficient (Wildman–Crippen LogP) is 1.53. The van der Waals surface area contributed by atoms with Crippen LogP contribution in [-0.4, -0.2) is 27.8 Å². The number of rotatable bonds is 4. The van der Waals surface area contributed by atoms with Crippen LogP contribution in [0.5, 0.6) is 0 Å². The number of amides is 1. The fraction of sp³-hybridized carbons (Fsp3) is 0.312. The van der Waals surface area contributed by atoms with Gasteiger partial charge in [-0.05, 0) is 50.5 Å². The number of halogens is 1. The summed E-state index contributed by atoms with van der Waals surface area (Å²) in [6.07, 6.45) is 1.38. The van der Waals surface area contributed by atoms with E-state index in [1.807, 2.05) is 0 Å². The minimum Gasteiger partial charge on any atom is -0.448 e. The number of fused-ring (bicyclic) bond motifs is 1. The molecule has 1 heterocycles. The van der Waals surface area contributed by atoms with Crippen molar-refractivity contribution < 1.29 is 18.7 Å². The molecule has 1 aromatic heterocycles. The number of nitrogens with two attached hydrogens (primary N) is 1. The van der Waals surface area contributed by atoms with Gasteiger partial charge in [-0.3, -0.25) is 4.79 Å². The maximum atomic E-state index is 13.1. The highest BCUT2D eigenvalue weighted by molar-refractivity contribution is 5.92. The van der Waals surface area contributed by atoms with Gasteiger partial charge in [-0.1, -0.05) is 0 Å². The third kappa shape index (κ3) is 2.81. The van der Waals surface area contributed by atoms with Crippen LogP contribution in [0.4, 0.5) is 4.39 Å². The van der Waals surface area contributed by atoms with Crippen LogP contribution in [0.15, 0.2) is 24.3 Å². The van der Waals surface area contributed by atoms with Gasteiger partial charge < -0.3 is 10.5 Å². The van der Waals surface area contributed by atoms with E-state index >= 15 is 0 Å². The first-order valence-corrected chi connectivity index (χ1v) is 7.34. The minimum atomic E-state index is -1.02. The Morgan fingerprint density at radius 2 is 2.00 bits per heavy atom. The van der Waals surface area contributed by atoms with E-state index in [0.717, 1.165) is 24.1 Å². The molecule has 7 heteroatoms. The summed E-state index contributed by atoms with van der Waals surface area (Å²) in [4.78, 5) is 23.3. The van der Waals surface area contributed by atoms with Crippen molar-refractivity contribution >= 4 is 11.9 Å². The van der Waals surface area contributed by atoms with Gasteiger partial charge in [-0.25, -0.2) is 13.9 Å². The fourth-order valence-corrected chi connectivity index (χ4v) is 2.67. The molecule has 1 atom stereocenters. The number of aromatic nitrogens is 2. The van der Waals surface area contributed by atoms with Crippen molar-refractivity contribution in [2.24, 2.45) is 5.73 Å². The van der Waals surface area contributed by atoms with Gasteiger partial charge in [0.25, 0.3) is 5.91 Å². The van der Waals surface area contributed by atoms with E-state index in [0.29, 0.717) is 12.1 Å². The number of nitrogens with zero attached hydrogens (tertiary/aromatic N) is 2. The summed E-state index contributed by atoms with van der Waals surface area (Å²) < 4.78 is 19.8. The molecule has 0 aliphatic heterocycles. The van der Waals surface area contributed by atoms with Crippen molar-refractivity contribution in [2.45, 2.75) is 32.3 Å². The van der Waals surface area contributed by atoms with E-state index in [1.54, 1.807) is 16.8 Å². The smallest absolute Gasteiger partial charge is 0.359 e. The molecule has 0 saturated carbocycles. The lowest BCUT2D eigenvalue weighted by atomic mass is 10.2. The largest absolute Gasteiger partial charge is 0.448 e. The Hall–Kier alpha value is -2.70. The van der Waals surface area contributed by atoms with Crippen LogP contribution in [0.25, 0.3) is 5.69 Å². The minimum absolute atomic E-state index is 0.190. The van der Waals surface area contributed by atoms with Gasteiger partial charge in [-0.15, -0.1) is 0 Å². The molecule has 0 spiro atoms. The number of primary amides is 1. The Bertz CT molecular complexity index is 768. The molecule has 6 nitrogen and oxygen atoms in total. The van der Waals surface area contributed by atoms with E-state index in [9.17, 15) is 14.0 Å². The Balaban J connectivity index is 1.97. The summed E-state index contributed by atoms with van der Waals surface area (Å²) in [6.45, 7) is 1.41. The Morgan fingerprint density at radius 3 is 2.65 bits per heavy atom. The highest BCUT2D eigenvalue weighted by Crippen LogP contribution is 2.28. The van der Waals surface area contributed by atoms with E-state index in [1.165, 1.54) is 19.1 Å². The van der Waals surface area contributed by atoms with E-state index in [4.69, 9.17) is 10.5 Å². The van der Waals surface area contributed by atoms with Crippen LogP contribution >= 0.6 is 0 Å². The number of esters is 1. The summed E-state index contributed by atoms with van der Waals surface area (Å²) in [5.74, 6) is -1.73. The second kappa shape index (κ2) is 5.83. The van der Waals surface area contributed by atoms with Gasteiger partial charge in [0.15, 0.2) is 11.8 Å². The molecule has 1 aliphatic carbocycles. The monoisotopic (exact) mass is 317 g/mol. The number of carbonyl (C=O) groups excluding carboxylic acids is 2. The van der Waals surface area contributed by atoms with E-state index in [2.05, 4.69) is 5.10 Å². The van der Waals surface area contributed by atoms with Gasteiger partial charge in [0.05, 0.1) is 5.69 Å². The Kier molecular flexibility index (Phi) is 3.85. The summed E-state index contributed by atoms with van der Waals surface area (Å²) in [7, 11) is 0. The molecule has 0 saturated heterocycles. The fourth-order valence-electron chi connectivity index (χ4n) is 2.67. The van der Waals surface area contributed by atoms with Crippen molar-refractivity contribution in [3.8, 4) is 5.69 Å². The van der Waals surface area contributed by atoms with Crippen LogP contribution in [0.2, 0.25) is 0 Å². The van der Waals surface area contributed by atoms with Gasteiger partial charge in [0.1, 0.15) is 5.82 Å². The first kappa shape index (κ1) is 15.2. The molecule has 3 rings (SSSR count). The molecule has 23 heavy (non-hydrogen) atoms. The summed E-state index contributed by atoms with van der Waals surface area (Å²) >= 11 is 0. The lowest BCUT2D eigenvalue weighted by molar-refractivity contribution is -0.125. The first-order chi connectivity index (χ1) is 11.0. The van der Waals surface area contributed by atoms with Crippen molar-refractivity contribution in [1.29, 1.82) is 0 Å². The molecule has 0 radical (unpaired) electrons. The summed E-state index contributed by atoms with van der Waals surface area (Å²) in [5, 5.41) is 4.31. The lowest BCUT2D eigenvalue weighted by Gasteiger charge is -2.08. The average Bonchev–Trinajstić information content (AvgIpc) is 3.10. The zero-order valence-electron chi connectivity index (χ0n) is 12.6. The van der Waals surface area contributed by atoms with Gasteiger partial charge in [-0.2, -0.15) is 5.10 Å². The standard InChI is InChI=1S/C16H16FN3O3/c1-9(15(18)21)23-16(22)14-12-3-2-4-13(12)20(19-14)11-7-5-10(17)6-8-11/h5-9H,2-4H2,1H3,(H2,18,21). The quantitative estimate of drug-likeness (QED) is 0.866. The first-order valence-electron chi connectivity index (χ1n) is 7.34. The van der Waals surface area contributed by atoms with Crippen molar-refractivity contribution in [2.75, 3.05) is 0 Å². The van der Waals surface area contributed by atoms with Crippen LogP contribution in [0, 0.1) is 5.82 Å². The lowest BCUT2D eigenvalue weighted by Crippen LogP contribution is -2.30. The number of benzene rings is 1. The van der Waals surface area contributed by atoms with E-state index in [-0.39, 0.29) is 11.5 Å². The maximum Gasteiger partial charge on any atom is 0.359 e. The molecule has 0 fully saturated rings. The molecule has 1 aromatic carbocycles. The van der Waals surface area contributed by atoms with Crippen LogP contribution < -0.4 is 5.73 Å². The molecular formula is C16H16FN3O3. The Labute approximate surface area is 132 Å². The van der Waals surface area contributed by atoms with E-state index < -0.39 is 18.0 Å². The Morgan fingerprint density at radius 1 is 1.30 bits per heavy atom. The summed E-state index contributed by atoms with van der Waals surface area (Å²) in [6, 6.07) is 5.88. The zero-order chi connectivity index (χ0) is 16.6. The molecule has 2 aromatic rings. The van der Waals surface area contributed by atoms with Gasteiger partial charge >= 0.3 is 5.97 Å². The van der Waals surface area contributed by atoms with Gasteiger partial charge in [0, 0.05) is 11.3 Å².